The predicted molar refractivity (Wildman–Crippen MR) is 69.1 cm³/mol. The maximum absolute atomic E-state index is 5.85. The quantitative estimate of drug-likeness (QED) is 0.629. The molecule has 0 aromatic heterocycles. The molecule has 0 radical (unpaired) electrons. The van der Waals surface area contributed by atoms with Gasteiger partial charge in [-0.15, -0.1) is 0 Å². The number of nitrogens with two attached hydrogens (primary N) is 1. The van der Waals surface area contributed by atoms with Crippen LogP contribution in [0.5, 0.6) is 0 Å². The summed E-state index contributed by atoms with van der Waals surface area (Å²) >= 11 is 10.9. The van der Waals surface area contributed by atoms with Crippen molar-refractivity contribution in [3.8, 4) is 0 Å². The largest absolute Gasteiger partial charge is 0.397 e. The van der Waals surface area contributed by atoms with Crippen LogP contribution in [0.2, 0.25) is 0 Å². The molecular weight excluding hydrogens is 314 g/mol. The van der Waals surface area contributed by atoms with Crippen LogP contribution in [-0.2, 0) is 0 Å². The molecule has 0 unspecified atom stereocenters. The predicted octanol–water partition coefficient (Wildman–Crippen LogP) is 3.74. The van der Waals surface area contributed by atoms with Gasteiger partial charge in [-0.2, -0.15) is 12.6 Å². The van der Waals surface area contributed by atoms with Crippen LogP contribution >= 0.6 is 44.5 Å². The molecule has 70 valence electrons. The normalized spacial score (nSPS) is 11.0. The zero-order valence-electron chi connectivity index (χ0n) is 6.80. The molecule has 1 rings (SSSR count). The molecule has 0 amide bonds. The van der Waals surface area contributed by atoms with E-state index in [1.54, 1.807) is 0 Å². The van der Waals surface area contributed by atoms with Crippen molar-refractivity contribution in [1.82, 2.24) is 0 Å². The van der Waals surface area contributed by atoms with Gasteiger partial charge in [0, 0.05) is 14.7 Å². The number of hydrogen-bond donors (Lipinski definition) is 2. The molecule has 0 saturated heterocycles. The van der Waals surface area contributed by atoms with Gasteiger partial charge in [0.15, 0.2) is 0 Å². The second-order valence-electron chi connectivity index (χ2n) is 2.48. The molecule has 0 fully saturated rings. The fourth-order valence-electron chi connectivity index (χ4n) is 0.922. The summed E-state index contributed by atoms with van der Waals surface area (Å²) in [7, 11) is 0. The summed E-state index contributed by atoms with van der Waals surface area (Å²) in [6.45, 7) is 0. The number of nitrogen functional groups attached to an aromatic ring is 1. The Hall–Kier alpha value is 0.0700. The van der Waals surface area contributed by atoms with Crippen molar-refractivity contribution in [3.63, 3.8) is 0 Å². The van der Waals surface area contributed by atoms with Gasteiger partial charge < -0.3 is 5.73 Å². The lowest BCUT2D eigenvalue weighted by molar-refractivity contribution is 1.55. The molecule has 0 saturated carbocycles. The number of halogens is 2. The monoisotopic (exact) mass is 321 g/mol. The Labute approximate surface area is 100 Å². The van der Waals surface area contributed by atoms with Gasteiger partial charge in [-0.25, -0.2) is 0 Å². The molecule has 1 aromatic carbocycles. The molecule has 0 bridgehead atoms. The van der Waals surface area contributed by atoms with Crippen molar-refractivity contribution in [1.29, 1.82) is 0 Å². The summed E-state index contributed by atoms with van der Waals surface area (Å²) in [5, 5.41) is 0. The highest BCUT2D eigenvalue weighted by molar-refractivity contribution is 9.11. The third-order valence-electron chi connectivity index (χ3n) is 1.53. The van der Waals surface area contributed by atoms with E-state index in [4.69, 9.17) is 5.73 Å². The Bertz CT molecular complexity index is 337. The first-order valence-electron chi connectivity index (χ1n) is 3.67. The summed E-state index contributed by atoms with van der Waals surface area (Å²) < 4.78 is 1.91. The van der Waals surface area contributed by atoms with Crippen molar-refractivity contribution in [2.24, 2.45) is 0 Å². The first-order chi connectivity index (χ1) is 6.15. The van der Waals surface area contributed by atoms with Crippen LogP contribution in [-0.4, -0.2) is 5.75 Å². The molecule has 13 heavy (non-hydrogen) atoms. The number of thiol groups is 1. The standard InChI is InChI=1S/C9H9Br2NS/c10-7-4-6(2-1-3-13)9(12)8(11)5-7/h1-2,4-5,13H,3,12H2. The Morgan fingerprint density at radius 2 is 2.08 bits per heavy atom. The maximum atomic E-state index is 5.85. The highest BCUT2D eigenvalue weighted by atomic mass is 79.9. The first kappa shape index (κ1) is 11.1. The second-order valence-corrected chi connectivity index (χ2v) is 4.61. The third kappa shape index (κ3) is 3.04. The molecule has 2 N–H and O–H groups in total. The van der Waals surface area contributed by atoms with E-state index >= 15 is 0 Å². The van der Waals surface area contributed by atoms with Crippen molar-refractivity contribution < 1.29 is 0 Å². The van der Waals surface area contributed by atoms with Gasteiger partial charge in [0.25, 0.3) is 0 Å². The molecule has 0 aliphatic carbocycles. The molecular formula is C9H9Br2NS. The van der Waals surface area contributed by atoms with Crippen LogP contribution < -0.4 is 5.73 Å². The molecule has 0 aliphatic heterocycles. The lowest BCUT2D eigenvalue weighted by Gasteiger charge is -2.03. The van der Waals surface area contributed by atoms with E-state index in [9.17, 15) is 0 Å². The Morgan fingerprint density at radius 1 is 1.38 bits per heavy atom. The van der Waals surface area contributed by atoms with Crippen molar-refractivity contribution in [2.45, 2.75) is 0 Å². The van der Waals surface area contributed by atoms with E-state index in [2.05, 4.69) is 44.5 Å². The molecule has 0 spiro atoms. The van der Waals surface area contributed by atoms with Crippen molar-refractivity contribution in [3.05, 3.63) is 32.7 Å². The van der Waals surface area contributed by atoms with Gasteiger partial charge in [0.2, 0.25) is 0 Å². The van der Waals surface area contributed by atoms with E-state index < -0.39 is 0 Å². The van der Waals surface area contributed by atoms with Crippen LogP contribution in [0, 0.1) is 0 Å². The van der Waals surface area contributed by atoms with E-state index in [1.807, 2.05) is 24.3 Å². The summed E-state index contributed by atoms with van der Waals surface area (Å²) in [5.41, 5.74) is 7.60. The summed E-state index contributed by atoms with van der Waals surface area (Å²) in [5.74, 6) is 0.712. The molecule has 4 heteroatoms. The van der Waals surface area contributed by atoms with Crippen LogP contribution in [0.1, 0.15) is 5.56 Å². The van der Waals surface area contributed by atoms with E-state index in [-0.39, 0.29) is 0 Å². The average Bonchev–Trinajstić information content (AvgIpc) is 2.09. The second kappa shape index (κ2) is 5.08. The Kier molecular flexibility index (Phi) is 4.35. The van der Waals surface area contributed by atoms with Gasteiger partial charge in [0.05, 0.1) is 5.69 Å². The van der Waals surface area contributed by atoms with Crippen LogP contribution in [0.3, 0.4) is 0 Å². The molecule has 1 aromatic rings. The maximum Gasteiger partial charge on any atom is 0.0532 e. The lowest BCUT2D eigenvalue weighted by atomic mass is 10.2. The van der Waals surface area contributed by atoms with Crippen LogP contribution in [0.15, 0.2) is 27.2 Å². The summed E-state index contributed by atoms with van der Waals surface area (Å²) in [4.78, 5) is 0. The number of benzene rings is 1. The SMILES string of the molecule is Nc1c(Br)cc(Br)cc1C=CCS. The van der Waals surface area contributed by atoms with E-state index in [0.717, 1.165) is 20.2 Å². The fraction of sp³-hybridized carbons (Fsp3) is 0.111. The highest BCUT2D eigenvalue weighted by Gasteiger charge is 2.01. The van der Waals surface area contributed by atoms with Crippen molar-refractivity contribution in [2.75, 3.05) is 11.5 Å². The van der Waals surface area contributed by atoms with Crippen LogP contribution in [0.25, 0.3) is 6.08 Å². The van der Waals surface area contributed by atoms with Gasteiger partial charge in [-0.1, -0.05) is 28.1 Å². The number of rotatable bonds is 2. The van der Waals surface area contributed by atoms with Gasteiger partial charge in [-0.05, 0) is 33.6 Å². The Morgan fingerprint density at radius 3 is 2.69 bits per heavy atom. The zero-order valence-corrected chi connectivity index (χ0v) is 10.9. The molecule has 1 nitrogen and oxygen atoms in total. The lowest BCUT2D eigenvalue weighted by Crippen LogP contribution is -1.90. The highest BCUT2D eigenvalue weighted by Crippen LogP contribution is 2.28. The minimum absolute atomic E-state index is 0.712. The minimum Gasteiger partial charge on any atom is -0.397 e. The van der Waals surface area contributed by atoms with Crippen molar-refractivity contribution >= 4 is 56.3 Å². The Balaban J connectivity index is 3.12. The zero-order chi connectivity index (χ0) is 9.84. The van der Waals surface area contributed by atoms with E-state index in [1.165, 1.54) is 0 Å². The van der Waals surface area contributed by atoms with E-state index in [0.29, 0.717) is 5.75 Å². The average molecular weight is 323 g/mol. The summed E-state index contributed by atoms with van der Waals surface area (Å²) in [6, 6.07) is 3.90. The molecule has 0 aliphatic rings. The van der Waals surface area contributed by atoms with Gasteiger partial charge in [0.1, 0.15) is 0 Å². The fourth-order valence-corrected chi connectivity index (χ4v) is 2.29. The number of hydrogen-bond acceptors (Lipinski definition) is 2. The smallest absolute Gasteiger partial charge is 0.0532 e. The topological polar surface area (TPSA) is 26.0 Å². The summed E-state index contributed by atoms with van der Waals surface area (Å²) in [6.07, 6.45) is 3.91. The van der Waals surface area contributed by atoms with Crippen LogP contribution in [0.4, 0.5) is 5.69 Å². The minimum atomic E-state index is 0.712. The van der Waals surface area contributed by atoms with Gasteiger partial charge >= 0.3 is 0 Å². The third-order valence-corrected chi connectivity index (χ3v) is 2.85. The molecule has 0 atom stereocenters. The first-order valence-corrected chi connectivity index (χ1v) is 5.89. The molecule has 0 heterocycles. The van der Waals surface area contributed by atoms with Gasteiger partial charge in [-0.3, -0.25) is 0 Å². The number of anilines is 1.